The molecule has 0 fully saturated rings. The van der Waals surface area contributed by atoms with Crippen molar-refractivity contribution in [3.05, 3.63) is 114 Å². The normalized spacial score (nSPS) is 11.8. The van der Waals surface area contributed by atoms with E-state index >= 15 is 0 Å². The molecule has 0 radical (unpaired) electrons. The van der Waals surface area contributed by atoms with Gasteiger partial charge in [-0.25, -0.2) is 22.0 Å². The maximum absolute atomic E-state index is 14.8. The van der Waals surface area contributed by atoms with Crippen molar-refractivity contribution in [2.45, 2.75) is 65.2 Å². The first-order valence-corrected chi connectivity index (χ1v) is 16.7. The number of benzene rings is 4. The molecular formula is C40H42F6O3. The van der Waals surface area contributed by atoms with Crippen LogP contribution in [0.4, 0.5) is 26.3 Å². The molecule has 0 spiro atoms. The van der Waals surface area contributed by atoms with E-state index in [0.717, 1.165) is 51.4 Å². The predicted molar refractivity (Wildman–Crippen MR) is 181 cm³/mol. The minimum absolute atomic E-state index is 0.0214. The van der Waals surface area contributed by atoms with Gasteiger partial charge < -0.3 is 14.2 Å². The van der Waals surface area contributed by atoms with Crippen LogP contribution in [0.2, 0.25) is 0 Å². The van der Waals surface area contributed by atoms with Gasteiger partial charge in [0, 0.05) is 34.4 Å². The van der Waals surface area contributed by atoms with Gasteiger partial charge in [-0.05, 0) is 87.4 Å². The fourth-order valence-corrected chi connectivity index (χ4v) is 5.60. The number of halogens is 6. The Morgan fingerprint density at radius 1 is 0.571 bits per heavy atom. The predicted octanol–water partition coefficient (Wildman–Crippen LogP) is 11.9. The van der Waals surface area contributed by atoms with E-state index in [9.17, 15) is 26.3 Å². The van der Waals surface area contributed by atoms with Crippen LogP contribution in [0.5, 0.6) is 17.2 Å². The van der Waals surface area contributed by atoms with Crippen molar-refractivity contribution in [1.29, 1.82) is 0 Å². The Hall–Kier alpha value is -4.40. The lowest BCUT2D eigenvalue weighted by Crippen LogP contribution is -2.02. The fraction of sp³-hybridized carbons (Fsp3) is 0.350. The van der Waals surface area contributed by atoms with E-state index in [1.54, 1.807) is 13.0 Å². The number of unbranched alkanes of at least 4 members (excludes halogenated alkanes) is 4. The van der Waals surface area contributed by atoms with Crippen LogP contribution in [0.3, 0.4) is 0 Å². The van der Waals surface area contributed by atoms with E-state index in [1.165, 1.54) is 61.5 Å². The zero-order chi connectivity index (χ0) is 35.3. The lowest BCUT2D eigenvalue weighted by atomic mass is 9.95. The summed E-state index contributed by atoms with van der Waals surface area (Å²) >= 11 is 0. The molecule has 9 heteroatoms. The molecule has 0 saturated heterocycles. The molecule has 0 bridgehead atoms. The lowest BCUT2D eigenvalue weighted by Gasteiger charge is -2.13. The largest absolute Gasteiger partial charge is 0.493 e. The number of allylic oxidation sites excluding steroid dienone is 1. The average Bonchev–Trinajstić information content (AvgIpc) is 3.09. The Labute approximate surface area is 284 Å². The van der Waals surface area contributed by atoms with Gasteiger partial charge in [0.1, 0.15) is 23.1 Å². The Bertz CT molecular complexity index is 1710. The summed E-state index contributed by atoms with van der Waals surface area (Å²) in [5.74, 6) is -4.95. The van der Waals surface area contributed by atoms with E-state index in [4.69, 9.17) is 14.2 Å². The molecule has 4 aromatic rings. The highest BCUT2D eigenvalue weighted by Crippen LogP contribution is 2.33. The topological polar surface area (TPSA) is 27.7 Å². The summed E-state index contributed by atoms with van der Waals surface area (Å²) < 4.78 is 103. The standard InChI is InChI=1S/C40H42F6O3/c1-4-27(12-8-6-10-22-48-28-15-18-30(34(41)24-28)32-17-14-26(3)37(43)38(32)44)13-9-7-11-23-49-29-16-19-31(35(42)25-29)33-20-21-36(47-5-2)40(46)39(33)45/h4,14-21,24-25,27H,1,5-13,22-23H2,2-3H3. The molecule has 0 amide bonds. The van der Waals surface area contributed by atoms with E-state index in [2.05, 4.69) is 6.58 Å². The molecule has 0 N–H and O–H groups in total. The van der Waals surface area contributed by atoms with Crippen LogP contribution in [0.25, 0.3) is 22.3 Å². The number of rotatable bonds is 19. The maximum atomic E-state index is 14.8. The van der Waals surface area contributed by atoms with Crippen molar-refractivity contribution in [3.63, 3.8) is 0 Å². The van der Waals surface area contributed by atoms with Gasteiger partial charge in [0.05, 0.1) is 19.8 Å². The average molecular weight is 685 g/mol. The summed E-state index contributed by atoms with van der Waals surface area (Å²) in [7, 11) is 0. The highest BCUT2D eigenvalue weighted by Gasteiger charge is 2.19. The summed E-state index contributed by atoms with van der Waals surface area (Å²) in [6.07, 6.45) is 9.36. The lowest BCUT2D eigenvalue weighted by molar-refractivity contribution is 0.298. The molecule has 0 aromatic heterocycles. The minimum atomic E-state index is -1.17. The molecule has 4 aromatic carbocycles. The third-order valence-electron chi connectivity index (χ3n) is 8.39. The molecule has 1 atom stereocenters. The van der Waals surface area contributed by atoms with Gasteiger partial charge in [0.2, 0.25) is 5.82 Å². The van der Waals surface area contributed by atoms with E-state index in [1.807, 2.05) is 6.08 Å². The summed E-state index contributed by atoms with van der Waals surface area (Å²) in [5.41, 5.74) is -0.242. The second-order valence-corrected chi connectivity index (χ2v) is 11.9. The quantitative estimate of drug-likeness (QED) is 0.0559. The van der Waals surface area contributed by atoms with Gasteiger partial charge in [-0.3, -0.25) is 0 Å². The zero-order valence-corrected chi connectivity index (χ0v) is 27.9. The second kappa shape index (κ2) is 18.4. The summed E-state index contributed by atoms with van der Waals surface area (Å²) in [6.45, 7) is 8.07. The molecule has 262 valence electrons. The maximum Gasteiger partial charge on any atom is 0.201 e. The van der Waals surface area contributed by atoms with Crippen molar-refractivity contribution in [3.8, 4) is 39.5 Å². The molecule has 3 nitrogen and oxygen atoms in total. The van der Waals surface area contributed by atoms with Crippen molar-refractivity contribution < 1.29 is 40.6 Å². The minimum Gasteiger partial charge on any atom is -0.493 e. The zero-order valence-electron chi connectivity index (χ0n) is 27.9. The molecule has 4 rings (SSSR count). The smallest absolute Gasteiger partial charge is 0.201 e. The summed E-state index contributed by atoms with van der Waals surface area (Å²) in [6, 6.07) is 13.6. The highest BCUT2D eigenvalue weighted by molar-refractivity contribution is 5.67. The second-order valence-electron chi connectivity index (χ2n) is 11.9. The van der Waals surface area contributed by atoms with E-state index in [0.29, 0.717) is 30.6 Å². The SMILES string of the molecule is C=CC(CCCCCOc1ccc(-c2ccc(C)c(F)c2F)c(F)c1)CCCCCOc1ccc(-c2ccc(OCC)c(F)c2F)c(F)c1. The van der Waals surface area contributed by atoms with E-state index in [-0.39, 0.29) is 40.2 Å². The van der Waals surface area contributed by atoms with Crippen molar-refractivity contribution in [2.75, 3.05) is 19.8 Å². The van der Waals surface area contributed by atoms with Crippen LogP contribution in [0.1, 0.15) is 63.9 Å². The van der Waals surface area contributed by atoms with Gasteiger partial charge in [-0.2, -0.15) is 4.39 Å². The molecule has 0 heterocycles. The van der Waals surface area contributed by atoms with Gasteiger partial charge in [-0.1, -0.05) is 43.9 Å². The van der Waals surface area contributed by atoms with Gasteiger partial charge >= 0.3 is 0 Å². The van der Waals surface area contributed by atoms with Crippen LogP contribution < -0.4 is 14.2 Å². The monoisotopic (exact) mass is 684 g/mol. The molecule has 0 aliphatic heterocycles. The van der Waals surface area contributed by atoms with Gasteiger partial charge in [0.15, 0.2) is 23.2 Å². The van der Waals surface area contributed by atoms with Crippen molar-refractivity contribution in [2.24, 2.45) is 5.92 Å². The van der Waals surface area contributed by atoms with E-state index < -0.39 is 34.9 Å². The number of hydrogen-bond acceptors (Lipinski definition) is 3. The highest BCUT2D eigenvalue weighted by atomic mass is 19.2. The van der Waals surface area contributed by atoms with Crippen LogP contribution >= 0.6 is 0 Å². The number of ether oxygens (including phenoxy) is 3. The third-order valence-corrected chi connectivity index (χ3v) is 8.39. The Balaban J connectivity index is 1.10. The first kappa shape index (κ1) is 37.4. The number of aryl methyl sites for hydroxylation is 1. The first-order chi connectivity index (χ1) is 23.6. The van der Waals surface area contributed by atoms with Gasteiger partial charge in [-0.15, -0.1) is 6.58 Å². The molecule has 0 aliphatic rings. The summed E-state index contributed by atoms with van der Waals surface area (Å²) in [5, 5.41) is 0. The Morgan fingerprint density at radius 3 is 1.55 bits per heavy atom. The Kier molecular flexibility index (Phi) is 14.0. The van der Waals surface area contributed by atoms with Crippen molar-refractivity contribution in [1.82, 2.24) is 0 Å². The fourth-order valence-electron chi connectivity index (χ4n) is 5.60. The third kappa shape index (κ3) is 10.1. The van der Waals surface area contributed by atoms with Crippen molar-refractivity contribution >= 4 is 0 Å². The Morgan fingerprint density at radius 2 is 1.06 bits per heavy atom. The summed E-state index contributed by atoms with van der Waals surface area (Å²) in [4.78, 5) is 0. The van der Waals surface area contributed by atoms with Crippen LogP contribution in [0, 0.1) is 47.7 Å². The van der Waals surface area contributed by atoms with Gasteiger partial charge in [0.25, 0.3) is 0 Å². The molecule has 49 heavy (non-hydrogen) atoms. The first-order valence-electron chi connectivity index (χ1n) is 16.7. The molecule has 1 unspecified atom stereocenters. The molecule has 0 saturated carbocycles. The van der Waals surface area contributed by atoms with Crippen LogP contribution in [0.15, 0.2) is 73.3 Å². The van der Waals surface area contributed by atoms with Crippen LogP contribution in [-0.2, 0) is 0 Å². The van der Waals surface area contributed by atoms with Crippen LogP contribution in [-0.4, -0.2) is 19.8 Å². The molecule has 0 aliphatic carbocycles. The number of hydrogen-bond donors (Lipinski definition) is 0. The molecular weight excluding hydrogens is 642 g/mol.